The lowest BCUT2D eigenvalue weighted by atomic mass is 10.0. The number of carbonyl (C=O) groups excluding carboxylic acids is 1. The average molecular weight is 345 g/mol. The maximum atomic E-state index is 10.8. The third-order valence-corrected chi connectivity index (χ3v) is 4.41. The van der Waals surface area contributed by atoms with Gasteiger partial charge in [-0.25, -0.2) is 4.79 Å². The molecule has 0 N–H and O–H groups in total. The Morgan fingerprint density at radius 1 is 0.708 bits per heavy atom. The predicted molar refractivity (Wildman–Crippen MR) is 103 cm³/mol. The minimum atomic E-state index is -0.300. The lowest BCUT2D eigenvalue weighted by Gasteiger charge is -2.04. The van der Waals surface area contributed by atoms with Crippen LogP contribution in [-0.4, -0.2) is 12.6 Å². The van der Waals surface area contributed by atoms with E-state index in [1.807, 2.05) is 0 Å². The molecule has 24 heavy (non-hydrogen) atoms. The molecule has 0 unspecified atom stereocenters. The Hall–Kier alpha value is -0.860. The van der Waals surface area contributed by atoms with E-state index in [0.717, 1.165) is 6.42 Å². The van der Waals surface area contributed by atoms with Gasteiger partial charge >= 0.3 is 5.97 Å². The van der Waals surface area contributed by atoms with Gasteiger partial charge in [0, 0.05) is 6.08 Å². The van der Waals surface area contributed by atoms with Crippen molar-refractivity contribution in [3.05, 3.63) is 12.7 Å². The zero-order chi connectivity index (χ0) is 17.0. The molecule has 0 saturated heterocycles. The van der Waals surface area contributed by atoms with Gasteiger partial charge in [-0.05, 0) is 6.42 Å². The van der Waals surface area contributed by atoms with Gasteiger partial charge in [-0.15, -0.1) is 0 Å². The predicted octanol–water partition coefficient (Wildman–Crippen LogP) is 7.13. The smallest absolute Gasteiger partial charge is 0.330 e. The zero-order valence-electron chi connectivity index (χ0n) is 16.0. The van der Waals surface area contributed by atoms with E-state index in [1.54, 1.807) is 0 Å². The highest BCUT2D eigenvalue weighted by atomic mass is 19.0. The monoisotopic (exact) mass is 344 g/mol. The maximum absolute atomic E-state index is 10.8. The van der Waals surface area contributed by atoms with Gasteiger partial charge in [0.05, 0.1) is 6.61 Å². The Labute approximate surface area is 149 Å². The van der Waals surface area contributed by atoms with Gasteiger partial charge in [0.25, 0.3) is 0 Å². The highest BCUT2D eigenvalue weighted by Crippen LogP contribution is 2.13. The molecule has 0 amide bonds. The molecule has 144 valence electrons. The summed E-state index contributed by atoms with van der Waals surface area (Å²) in [5.74, 6) is -0.300. The standard InChI is InChI=1S/C21H40O2.FH/c1-3-5-6-7-8-9-10-11-12-13-14-15-16-17-18-19-20-23-21(22)4-2;/h4H,2-3,5-20H2,1H3;1H. The zero-order valence-corrected chi connectivity index (χ0v) is 16.0. The topological polar surface area (TPSA) is 26.3 Å². The molecule has 0 aromatic rings. The average Bonchev–Trinajstić information content (AvgIpc) is 2.57. The highest BCUT2D eigenvalue weighted by Gasteiger charge is 1.96. The van der Waals surface area contributed by atoms with E-state index >= 15 is 0 Å². The molecule has 0 radical (unpaired) electrons. The van der Waals surface area contributed by atoms with E-state index in [-0.39, 0.29) is 10.7 Å². The molecule has 0 atom stereocenters. The van der Waals surface area contributed by atoms with E-state index in [1.165, 1.54) is 102 Å². The van der Waals surface area contributed by atoms with Gasteiger partial charge in [0.15, 0.2) is 0 Å². The van der Waals surface area contributed by atoms with Crippen LogP contribution in [0.25, 0.3) is 0 Å². The van der Waals surface area contributed by atoms with Crippen molar-refractivity contribution in [3.8, 4) is 0 Å². The van der Waals surface area contributed by atoms with Gasteiger partial charge in [-0.1, -0.05) is 110 Å². The second-order valence-corrected chi connectivity index (χ2v) is 6.67. The van der Waals surface area contributed by atoms with E-state index in [2.05, 4.69) is 13.5 Å². The summed E-state index contributed by atoms with van der Waals surface area (Å²) in [6.45, 7) is 6.20. The fourth-order valence-electron chi connectivity index (χ4n) is 2.88. The van der Waals surface area contributed by atoms with Crippen LogP contribution in [0.4, 0.5) is 4.70 Å². The van der Waals surface area contributed by atoms with Crippen molar-refractivity contribution in [3.63, 3.8) is 0 Å². The third kappa shape index (κ3) is 21.1. The third-order valence-electron chi connectivity index (χ3n) is 4.41. The number of ether oxygens (including phenoxy) is 1. The van der Waals surface area contributed by atoms with Crippen molar-refractivity contribution in [2.24, 2.45) is 0 Å². The van der Waals surface area contributed by atoms with Crippen LogP contribution in [0.5, 0.6) is 0 Å². The first-order valence-corrected chi connectivity index (χ1v) is 10.1. The number of hydrogen-bond donors (Lipinski definition) is 0. The molecule has 0 aliphatic heterocycles. The molecule has 0 rings (SSSR count). The van der Waals surface area contributed by atoms with Crippen molar-refractivity contribution in [2.75, 3.05) is 6.61 Å². The van der Waals surface area contributed by atoms with E-state index < -0.39 is 0 Å². The lowest BCUT2D eigenvalue weighted by molar-refractivity contribution is -0.137. The first-order valence-electron chi connectivity index (χ1n) is 10.1. The Kier molecular flexibility index (Phi) is 23.4. The highest BCUT2D eigenvalue weighted by molar-refractivity contribution is 5.81. The lowest BCUT2D eigenvalue weighted by Crippen LogP contribution is -2.01. The molecule has 0 spiro atoms. The molecule has 0 aliphatic rings. The molecule has 0 aromatic carbocycles. The van der Waals surface area contributed by atoms with E-state index in [4.69, 9.17) is 4.74 Å². The SMILES string of the molecule is C=CC(=O)OCCCCCCCCCCCCCCCCCC.F. The molecular formula is C21H41FO2. The Balaban J connectivity index is 0. The Morgan fingerprint density at radius 2 is 1.04 bits per heavy atom. The largest absolute Gasteiger partial charge is 0.463 e. The van der Waals surface area contributed by atoms with Crippen LogP contribution in [0.1, 0.15) is 110 Å². The van der Waals surface area contributed by atoms with E-state index in [0.29, 0.717) is 6.61 Å². The summed E-state index contributed by atoms with van der Waals surface area (Å²) in [5, 5.41) is 0. The summed E-state index contributed by atoms with van der Waals surface area (Å²) in [7, 11) is 0. The van der Waals surface area contributed by atoms with Crippen LogP contribution < -0.4 is 0 Å². The fraction of sp³-hybridized carbons (Fsp3) is 0.857. The number of hydrogen-bond acceptors (Lipinski definition) is 2. The summed E-state index contributed by atoms with van der Waals surface area (Å²) in [6, 6.07) is 0. The molecular weight excluding hydrogens is 303 g/mol. The van der Waals surface area contributed by atoms with Crippen molar-refractivity contribution in [2.45, 2.75) is 110 Å². The van der Waals surface area contributed by atoms with Gasteiger partial charge in [-0.2, -0.15) is 0 Å². The quantitative estimate of drug-likeness (QED) is 0.150. The molecule has 0 saturated carbocycles. The van der Waals surface area contributed by atoms with Gasteiger partial charge < -0.3 is 4.74 Å². The van der Waals surface area contributed by atoms with E-state index in [9.17, 15) is 4.79 Å². The number of esters is 1. The molecule has 0 fully saturated rings. The molecule has 0 bridgehead atoms. The minimum Gasteiger partial charge on any atom is -0.463 e. The maximum Gasteiger partial charge on any atom is 0.330 e. The molecule has 0 aliphatic carbocycles. The van der Waals surface area contributed by atoms with Crippen molar-refractivity contribution < 1.29 is 14.2 Å². The summed E-state index contributed by atoms with van der Waals surface area (Å²) in [5.41, 5.74) is 0. The second kappa shape index (κ2) is 22.1. The van der Waals surface area contributed by atoms with Crippen LogP contribution in [-0.2, 0) is 9.53 Å². The second-order valence-electron chi connectivity index (χ2n) is 6.67. The van der Waals surface area contributed by atoms with Crippen molar-refractivity contribution in [1.29, 1.82) is 0 Å². The summed E-state index contributed by atoms with van der Waals surface area (Å²) < 4.78 is 4.95. The van der Waals surface area contributed by atoms with Crippen LogP contribution in [0.3, 0.4) is 0 Å². The first-order chi connectivity index (χ1) is 11.3. The first kappa shape index (κ1) is 25.4. The van der Waals surface area contributed by atoms with Crippen LogP contribution >= 0.6 is 0 Å². The fourth-order valence-corrected chi connectivity index (χ4v) is 2.88. The molecule has 0 heterocycles. The molecule has 3 heteroatoms. The Morgan fingerprint density at radius 3 is 1.38 bits per heavy atom. The normalized spacial score (nSPS) is 10.2. The van der Waals surface area contributed by atoms with Gasteiger partial charge in [0.1, 0.15) is 0 Å². The number of halogens is 1. The Bertz CT molecular complexity index is 267. The molecule has 2 nitrogen and oxygen atoms in total. The van der Waals surface area contributed by atoms with Crippen molar-refractivity contribution >= 4 is 5.97 Å². The number of rotatable bonds is 18. The number of unbranched alkanes of at least 4 members (excludes halogenated alkanes) is 15. The molecule has 0 aromatic heterocycles. The summed E-state index contributed by atoms with van der Waals surface area (Å²) >= 11 is 0. The summed E-state index contributed by atoms with van der Waals surface area (Å²) in [6.07, 6.45) is 23.0. The van der Waals surface area contributed by atoms with Crippen LogP contribution in [0.15, 0.2) is 12.7 Å². The summed E-state index contributed by atoms with van der Waals surface area (Å²) in [4.78, 5) is 10.8. The minimum absolute atomic E-state index is 0. The van der Waals surface area contributed by atoms with Crippen LogP contribution in [0.2, 0.25) is 0 Å². The van der Waals surface area contributed by atoms with Crippen LogP contribution in [0, 0.1) is 0 Å². The number of carbonyl (C=O) groups is 1. The van der Waals surface area contributed by atoms with Crippen molar-refractivity contribution in [1.82, 2.24) is 0 Å². The van der Waals surface area contributed by atoms with Gasteiger partial charge in [0.2, 0.25) is 0 Å². The van der Waals surface area contributed by atoms with Gasteiger partial charge in [-0.3, -0.25) is 4.70 Å².